The molecule has 1 aromatic carbocycles. The maximum atomic E-state index is 9.40. The molecule has 0 radical (unpaired) electrons. The molecule has 4 heteroatoms. The average Bonchev–Trinajstić information content (AvgIpc) is 2.49. The summed E-state index contributed by atoms with van der Waals surface area (Å²) in [5.41, 5.74) is 2.97. The first-order valence-corrected chi connectivity index (χ1v) is 8.52. The number of rotatable bonds is 8. The molecular weight excluding hydrogens is 266 g/mol. The fourth-order valence-corrected chi connectivity index (χ4v) is 3.10. The molecule has 0 aliphatic heterocycles. The topological polar surface area (TPSA) is 39.1 Å². The third-order valence-corrected chi connectivity index (χ3v) is 4.24. The number of hydrogen-bond acceptors (Lipinski definition) is 4. The molecule has 0 aliphatic carbocycles. The van der Waals surface area contributed by atoms with E-state index in [1.807, 2.05) is 17.8 Å². The molecule has 0 aliphatic rings. The molecule has 0 bridgehead atoms. The zero-order valence-corrected chi connectivity index (χ0v) is 13.8. The van der Waals surface area contributed by atoms with Crippen molar-refractivity contribution in [3.05, 3.63) is 29.3 Å². The molecule has 20 heavy (non-hydrogen) atoms. The van der Waals surface area contributed by atoms with Gasteiger partial charge in [-0.05, 0) is 36.9 Å². The Morgan fingerprint density at radius 3 is 2.70 bits per heavy atom. The predicted octanol–water partition coefficient (Wildman–Crippen LogP) is 3.25. The van der Waals surface area contributed by atoms with E-state index in [-0.39, 0.29) is 0 Å². The fraction of sp³-hybridized carbons (Fsp3) is 0.562. The van der Waals surface area contributed by atoms with Crippen molar-refractivity contribution in [1.82, 2.24) is 5.32 Å². The van der Waals surface area contributed by atoms with E-state index in [9.17, 15) is 5.26 Å². The smallest absolute Gasteiger partial charge is 0.101 e. The minimum Gasteiger partial charge on any atom is -0.370 e. The summed E-state index contributed by atoms with van der Waals surface area (Å²) in [6.45, 7) is 6.04. The van der Waals surface area contributed by atoms with Crippen LogP contribution in [0.15, 0.2) is 18.2 Å². The molecule has 1 rings (SSSR count). The minimum absolute atomic E-state index is 0.469. The van der Waals surface area contributed by atoms with Crippen molar-refractivity contribution in [2.24, 2.45) is 0 Å². The van der Waals surface area contributed by atoms with E-state index in [1.54, 1.807) is 0 Å². The standard InChI is InChI=1S/C16H25N3S/c1-5-15(12-20-4)19(3)16-8-7-13(11-18-6-2)9-14(16)10-17/h7-9,15,18H,5-6,11-12H2,1-4H3. The van der Waals surface area contributed by atoms with Crippen LogP contribution < -0.4 is 10.2 Å². The molecule has 0 saturated heterocycles. The van der Waals surface area contributed by atoms with Crippen molar-refractivity contribution in [2.75, 3.05) is 30.5 Å². The number of nitrogens with one attached hydrogen (secondary N) is 1. The third kappa shape index (κ3) is 4.43. The summed E-state index contributed by atoms with van der Waals surface area (Å²) < 4.78 is 0. The summed E-state index contributed by atoms with van der Waals surface area (Å²) in [7, 11) is 2.09. The summed E-state index contributed by atoms with van der Waals surface area (Å²) in [6, 6.07) is 9.00. The zero-order valence-electron chi connectivity index (χ0n) is 12.9. The van der Waals surface area contributed by atoms with Crippen LogP contribution in [-0.4, -0.2) is 31.6 Å². The number of nitriles is 1. The highest BCUT2D eigenvalue weighted by atomic mass is 32.2. The highest BCUT2D eigenvalue weighted by molar-refractivity contribution is 7.98. The maximum absolute atomic E-state index is 9.40. The van der Waals surface area contributed by atoms with Crippen LogP contribution in [-0.2, 0) is 6.54 Å². The van der Waals surface area contributed by atoms with E-state index in [1.165, 1.54) is 5.56 Å². The fourth-order valence-electron chi connectivity index (χ4n) is 2.25. The third-order valence-electron chi connectivity index (χ3n) is 3.52. The van der Waals surface area contributed by atoms with Crippen molar-refractivity contribution in [1.29, 1.82) is 5.26 Å². The zero-order chi connectivity index (χ0) is 15.0. The molecule has 0 saturated carbocycles. The molecule has 1 atom stereocenters. The van der Waals surface area contributed by atoms with E-state index in [0.717, 1.165) is 36.5 Å². The van der Waals surface area contributed by atoms with Crippen molar-refractivity contribution in [2.45, 2.75) is 32.9 Å². The molecule has 0 heterocycles. The van der Waals surface area contributed by atoms with E-state index in [0.29, 0.717) is 6.04 Å². The summed E-state index contributed by atoms with van der Waals surface area (Å²) in [6.07, 6.45) is 3.21. The van der Waals surface area contributed by atoms with Gasteiger partial charge in [0.2, 0.25) is 0 Å². The monoisotopic (exact) mass is 291 g/mol. The molecule has 0 aromatic heterocycles. The highest BCUT2D eigenvalue weighted by Gasteiger charge is 2.16. The van der Waals surface area contributed by atoms with Gasteiger partial charge in [-0.3, -0.25) is 0 Å². The van der Waals surface area contributed by atoms with Gasteiger partial charge in [0.1, 0.15) is 6.07 Å². The van der Waals surface area contributed by atoms with Crippen LogP contribution in [0, 0.1) is 11.3 Å². The van der Waals surface area contributed by atoms with E-state index >= 15 is 0 Å². The van der Waals surface area contributed by atoms with Gasteiger partial charge in [-0.15, -0.1) is 0 Å². The molecule has 110 valence electrons. The Morgan fingerprint density at radius 2 is 2.15 bits per heavy atom. The summed E-state index contributed by atoms with van der Waals surface area (Å²) in [4.78, 5) is 2.24. The molecule has 1 N–H and O–H groups in total. The van der Waals surface area contributed by atoms with Crippen molar-refractivity contribution in [3.63, 3.8) is 0 Å². The number of benzene rings is 1. The van der Waals surface area contributed by atoms with Gasteiger partial charge in [0, 0.05) is 25.4 Å². The van der Waals surface area contributed by atoms with Crippen molar-refractivity contribution < 1.29 is 0 Å². The molecule has 1 unspecified atom stereocenters. The lowest BCUT2D eigenvalue weighted by Crippen LogP contribution is -2.33. The molecular formula is C16H25N3S. The van der Waals surface area contributed by atoms with Gasteiger partial charge >= 0.3 is 0 Å². The molecule has 0 amide bonds. The summed E-state index contributed by atoms with van der Waals surface area (Å²) >= 11 is 1.85. The molecule has 0 fully saturated rings. The second-order valence-electron chi connectivity index (χ2n) is 4.87. The highest BCUT2D eigenvalue weighted by Crippen LogP contribution is 2.24. The van der Waals surface area contributed by atoms with Gasteiger partial charge in [-0.1, -0.05) is 19.9 Å². The number of nitrogens with zero attached hydrogens (tertiary/aromatic N) is 2. The molecule has 0 spiro atoms. The Morgan fingerprint density at radius 1 is 1.40 bits per heavy atom. The number of hydrogen-bond donors (Lipinski definition) is 1. The number of anilines is 1. The van der Waals surface area contributed by atoms with Crippen LogP contribution in [0.1, 0.15) is 31.4 Å². The quantitative estimate of drug-likeness (QED) is 0.798. The maximum Gasteiger partial charge on any atom is 0.101 e. The Kier molecular flexibility index (Phi) is 7.50. The Balaban J connectivity index is 2.96. The average molecular weight is 291 g/mol. The normalized spacial score (nSPS) is 11.9. The first-order chi connectivity index (χ1) is 9.67. The molecule has 3 nitrogen and oxygen atoms in total. The minimum atomic E-state index is 0.469. The van der Waals surface area contributed by atoms with Crippen molar-refractivity contribution in [3.8, 4) is 6.07 Å². The second kappa shape index (κ2) is 8.89. The van der Waals surface area contributed by atoms with Crippen LogP contribution in [0.3, 0.4) is 0 Å². The van der Waals surface area contributed by atoms with Gasteiger partial charge in [-0.25, -0.2) is 0 Å². The van der Waals surface area contributed by atoms with E-state index in [4.69, 9.17) is 0 Å². The molecule has 1 aromatic rings. The van der Waals surface area contributed by atoms with Crippen molar-refractivity contribution >= 4 is 17.4 Å². The summed E-state index contributed by atoms with van der Waals surface area (Å²) in [5.74, 6) is 1.08. The van der Waals surface area contributed by atoms with E-state index < -0.39 is 0 Å². The number of thioether (sulfide) groups is 1. The van der Waals surface area contributed by atoms with E-state index in [2.05, 4.69) is 55.6 Å². The lowest BCUT2D eigenvalue weighted by Gasteiger charge is -2.29. The van der Waals surface area contributed by atoms with Gasteiger partial charge in [0.25, 0.3) is 0 Å². The Labute approximate surface area is 127 Å². The largest absolute Gasteiger partial charge is 0.370 e. The van der Waals surface area contributed by atoms with Crippen LogP contribution in [0.2, 0.25) is 0 Å². The van der Waals surface area contributed by atoms with Gasteiger partial charge < -0.3 is 10.2 Å². The first kappa shape index (κ1) is 16.9. The van der Waals surface area contributed by atoms with Gasteiger partial charge in [0.15, 0.2) is 0 Å². The predicted molar refractivity (Wildman–Crippen MR) is 89.4 cm³/mol. The van der Waals surface area contributed by atoms with Crippen LogP contribution in [0.25, 0.3) is 0 Å². The van der Waals surface area contributed by atoms with Crippen LogP contribution in [0.4, 0.5) is 5.69 Å². The second-order valence-corrected chi connectivity index (χ2v) is 5.78. The lowest BCUT2D eigenvalue weighted by molar-refractivity contribution is 0.672. The van der Waals surface area contributed by atoms with Crippen LogP contribution in [0.5, 0.6) is 0 Å². The Hall–Kier alpha value is -1.18. The Bertz CT molecular complexity index is 454. The SMILES string of the molecule is CCNCc1ccc(N(C)C(CC)CSC)c(C#N)c1. The van der Waals surface area contributed by atoms with Gasteiger partial charge in [-0.2, -0.15) is 17.0 Å². The lowest BCUT2D eigenvalue weighted by atomic mass is 10.1. The first-order valence-electron chi connectivity index (χ1n) is 7.13. The van der Waals surface area contributed by atoms with Gasteiger partial charge in [0.05, 0.1) is 11.3 Å². The summed E-state index contributed by atoms with van der Waals surface area (Å²) in [5, 5.41) is 12.7. The van der Waals surface area contributed by atoms with Crippen LogP contribution >= 0.6 is 11.8 Å².